The predicted molar refractivity (Wildman–Crippen MR) is 176 cm³/mol. The van der Waals surface area contributed by atoms with E-state index in [9.17, 15) is 9.59 Å². The van der Waals surface area contributed by atoms with Crippen molar-refractivity contribution in [3.05, 3.63) is 83.4 Å². The van der Waals surface area contributed by atoms with E-state index in [1.54, 1.807) is 19.2 Å². The Balaban J connectivity index is 0.00000461. The van der Waals surface area contributed by atoms with Gasteiger partial charge in [-0.2, -0.15) is 0 Å². The summed E-state index contributed by atoms with van der Waals surface area (Å²) >= 11 is 0. The number of hydrogen-bond acceptors (Lipinski definition) is 7. The minimum Gasteiger partial charge on any atom is -0.497 e. The van der Waals surface area contributed by atoms with E-state index in [1.165, 1.54) is 21.3 Å². The van der Waals surface area contributed by atoms with Crippen LogP contribution in [0.5, 0.6) is 23.0 Å². The third kappa shape index (κ3) is 6.84. The summed E-state index contributed by atoms with van der Waals surface area (Å²) in [6, 6.07) is 21.6. The Morgan fingerprint density at radius 2 is 1.47 bits per heavy atom. The Kier molecular flexibility index (Phi) is 11.2. The molecule has 0 spiro atoms. The maximum atomic E-state index is 13.9. The molecule has 2 fully saturated rings. The van der Waals surface area contributed by atoms with Crippen molar-refractivity contribution < 1.29 is 28.5 Å². The van der Waals surface area contributed by atoms with E-state index in [0.717, 1.165) is 49.2 Å². The van der Waals surface area contributed by atoms with Crippen molar-refractivity contribution in [1.82, 2.24) is 15.5 Å². The zero-order valence-corrected chi connectivity index (χ0v) is 27.3. The van der Waals surface area contributed by atoms with Crippen LogP contribution in [0.1, 0.15) is 47.2 Å². The minimum absolute atomic E-state index is 0. The third-order valence-corrected chi connectivity index (χ3v) is 9.36. The molecule has 9 nitrogen and oxygen atoms in total. The minimum atomic E-state index is -0.552. The molecule has 0 bridgehead atoms. The second kappa shape index (κ2) is 14.9. The van der Waals surface area contributed by atoms with Crippen LogP contribution in [0.3, 0.4) is 0 Å². The standard InChI is InChI=1S/C35H43N3O6.ClH/c1-41-28-12-10-26(11-13-28)34(14-20-37-33(40)35(15-18-36-19-16-35)27-8-6-5-7-9-27)17-21-38(24-34)32(39)25-22-29(42-2)31(44-4)30(23-25)43-3;/h5-13,22-23,36H,14-21,24H2,1-4H3,(H,37,40);1H. The molecule has 2 amide bonds. The highest BCUT2D eigenvalue weighted by Crippen LogP contribution is 2.42. The maximum Gasteiger partial charge on any atom is 0.254 e. The molecule has 0 aliphatic carbocycles. The highest BCUT2D eigenvalue weighted by molar-refractivity contribution is 5.96. The summed E-state index contributed by atoms with van der Waals surface area (Å²) in [4.78, 5) is 29.6. The lowest BCUT2D eigenvalue weighted by Gasteiger charge is -2.37. The quantitative estimate of drug-likeness (QED) is 0.313. The van der Waals surface area contributed by atoms with E-state index in [2.05, 4.69) is 34.9 Å². The van der Waals surface area contributed by atoms with Crippen LogP contribution in [-0.2, 0) is 15.6 Å². The van der Waals surface area contributed by atoms with Crippen LogP contribution in [0.15, 0.2) is 66.7 Å². The van der Waals surface area contributed by atoms with Gasteiger partial charge >= 0.3 is 0 Å². The Bertz CT molecular complexity index is 1420. The SMILES string of the molecule is COc1ccc(C2(CCNC(=O)C3(c4ccccc4)CCNCC3)CCN(C(=O)c3cc(OC)c(OC)c(OC)c3)C2)cc1.Cl. The van der Waals surface area contributed by atoms with Crippen LogP contribution in [0.25, 0.3) is 0 Å². The van der Waals surface area contributed by atoms with Crippen molar-refractivity contribution in [3.63, 3.8) is 0 Å². The van der Waals surface area contributed by atoms with Gasteiger partial charge in [0.05, 0.1) is 33.9 Å². The third-order valence-electron chi connectivity index (χ3n) is 9.36. The van der Waals surface area contributed by atoms with Crippen molar-refractivity contribution in [2.45, 2.75) is 36.5 Å². The fourth-order valence-electron chi connectivity index (χ4n) is 6.80. The summed E-state index contributed by atoms with van der Waals surface area (Å²) in [5.74, 6) is 2.04. The van der Waals surface area contributed by atoms with E-state index in [4.69, 9.17) is 18.9 Å². The van der Waals surface area contributed by atoms with Crippen LogP contribution in [-0.4, -0.2) is 77.9 Å². The van der Waals surface area contributed by atoms with Crippen molar-refractivity contribution in [2.24, 2.45) is 0 Å². The predicted octanol–water partition coefficient (Wildman–Crippen LogP) is 4.75. The maximum absolute atomic E-state index is 13.9. The smallest absolute Gasteiger partial charge is 0.254 e. The van der Waals surface area contributed by atoms with E-state index in [-0.39, 0.29) is 29.6 Å². The van der Waals surface area contributed by atoms with Gasteiger partial charge in [0, 0.05) is 30.6 Å². The molecule has 0 radical (unpaired) electrons. The van der Waals surface area contributed by atoms with Gasteiger partial charge in [-0.3, -0.25) is 9.59 Å². The molecule has 10 heteroatoms. The number of carbonyl (C=O) groups is 2. The number of piperidine rings is 1. The molecule has 2 N–H and O–H groups in total. The average Bonchev–Trinajstić information content (AvgIpc) is 3.53. The van der Waals surface area contributed by atoms with Crippen LogP contribution in [0.2, 0.25) is 0 Å². The second-order valence-corrected chi connectivity index (χ2v) is 11.6. The first-order chi connectivity index (χ1) is 21.4. The van der Waals surface area contributed by atoms with Gasteiger partial charge in [-0.25, -0.2) is 0 Å². The molecule has 1 atom stereocenters. The highest BCUT2D eigenvalue weighted by Gasteiger charge is 2.44. The first kappa shape index (κ1) is 33.9. The summed E-state index contributed by atoms with van der Waals surface area (Å²) in [5.41, 5.74) is 1.75. The van der Waals surface area contributed by atoms with Gasteiger partial charge in [0.2, 0.25) is 11.7 Å². The van der Waals surface area contributed by atoms with Gasteiger partial charge < -0.3 is 34.5 Å². The Morgan fingerprint density at radius 3 is 2.04 bits per heavy atom. The number of ether oxygens (including phenoxy) is 4. The van der Waals surface area contributed by atoms with Crippen molar-refractivity contribution >= 4 is 24.2 Å². The molecule has 45 heavy (non-hydrogen) atoms. The average molecular weight is 638 g/mol. The number of halogens is 1. The van der Waals surface area contributed by atoms with E-state index in [0.29, 0.717) is 48.9 Å². The Hall–Kier alpha value is -3.95. The summed E-state index contributed by atoms with van der Waals surface area (Å²) in [6.07, 6.45) is 2.96. The summed E-state index contributed by atoms with van der Waals surface area (Å²) in [5, 5.41) is 6.71. The number of carbonyl (C=O) groups excluding carboxylic acids is 2. The first-order valence-electron chi connectivity index (χ1n) is 15.2. The number of likely N-dealkylation sites (tertiary alicyclic amines) is 1. The molecule has 1 unspecified atom stereocenters. The fraction of sp³-hybridized carbons (Fsp3) is 0.429. The van der Waals surface area contributed by atoms with E-state index < -0.39 is 5.41 Å². The second-order valence-electron chi connectivity index (χ2n) is 11.6. The molecule has 242 valence electrons. The van der Waals surface area contributed by atoms with E-state index in [1.807, 2.05) is 35.2 Å². The Labute approximate surface area is 272 Å². The lowest BCUT2D eigenvalue weighted by molar-refractivity contribution is -0.127. The van der Waals surface area contributed by atoms with Crippen molar-refractivity contribution in [1.29, 1.82) is 0 Å². The topological polar surface area (TPSA) is 98.4 Å². The van der Waals surface area contributed by atoms with Crippen molar-refractivity contribution in [3.8, 4) is 23.0 Å². The number of methoxy groups -OCH3 is 4. The van der Waals surface area contributed by atoms with Gasteiger partial charge in [-0.1, -0.05) is 42.5 Å². The molecular formula is C35H44ClN3O6. The molecule has 2 heterocycles. The normalized spacial score (nSPS) is 18.8. The van der Waals surface area contributed by atoms with Gasteiger partial charge in [-0.05, 0) is 74.2 Å². The largest absolute Gasteiger partial charge is 0.497 e. The van der Waals surface area contributed by atoms with E-state index >= 15 is 0 Å². The van der Waals surface area contributed by atoms with Gasteiger partial charge in [0.1, 0.15) is 5.75 Å². The van der Waals surface area contributed by atoms with Crippen LogP contribution in [0, 0.1) is 0 Å². The number of amides is 2. The lowest BCUT2D eigenvalue weighted by Crippen LogP contribution is -2.51. The van der Waals surface area contributed by atoms with Gasteiger partial charge in [0.15, 0.2) is 11.5 Å². The molecule has 2 aliphatic rings. The monoisotopic (exact) mass is 637 g/mol. The summed E-state index contributed by atoms with van der Waals surface area (Å²) in [6.45, 7) is 3.19. The number of hydrogen-bond donors (Lipinski definition) is 2. The molecular weight excluding hydrogens is 594 g/mol. The number of nitrogens with one attached hydrogen (secondary N) is 2. The number of nitrogens with zero attached hydrogens (tertiary/aromatic N) is 1. The highest BCUT2D eigenvalue weighted by atomic mass is 35.5. The number of benzene rings is 3. The molecule has 2 aliphatic heterocycles. The lowest BCUT2D eigenvalue weighted by atomic mass is 9.72. The van der Waals surface area contributed by atoms with Crippen LogP contribution >= 0.6 is 12.4 Å². The number of rotatable bonds is 11. The van der Waals surface area contributed by atoms with Crippen LogP contribution in [0.4, 0.5) is 0 Å². The van der Waals surface area contributed by atoms with Crippen molar-refractivity contribution in [2.75, 3.05) is 61.2 Å². The molecule has 3 aromatic carbocycles. The fourth-order valence-corrected chi connectivity index (χ4v) is 6.80. The van der Waals surface area contributed by atoms with Gasteiger partial charge in [-0.15, -0.1) is 12.4 Å². The summed E-state index contributed by atoms with van der Waals surface area (Å²) in [7, 11) is 6.26. The Morgan fingerprint density at radius 1 is 0.822 bits per heavy atom. The molecule has 3 aromatic rings. The summed E-state index contributed by atoms with van der Waals surface area (Å²) < 4.78 is 21.9. The molecule has 0 aromatic heterocycles. The zero-order chi connectivity index (χ0) is 31.2. The van der Waals surface area contributed by atoms with Crippen LogP contribution < -0.4 is 29.6 Å². The first-order valence-corrected chi connectivity index (χ1v) is 15.2. The molecule has 0 saturated carbocycles. The zero-order valence-electron chi connectivity index (χ0n) is 26.5. The van der Waals surface area contributed by atoms with Gasteiger partial charge in [0.25, 0.3) is 5.91 Å². The molecule has 5 rings (SSSR count). The molecule has 2 saturated heterocycles.